The van der Waals surface area contributed by atoms with Crippen LogP contribution in [0, 0.1) is 0 Å². The lowest BCUT2D eigenvalue weighted by molar-refractivity contribution is -0.152. The Morgan fingerprint density at radius 2 is 1.95 bits per heavy atom. The first-order valence-corrected chi connectivity index (χ1v) is 6.96. The van der Waals surface area contributed by atoms with Crippen LogP contribution >= 0.6 is 0 Å². The Labute approximate surface area is 117 Å². The highest BCUT2D eigenvalue weighted by Crippen LogP contribution is 2.32. The first-order valence-electron chi connectivity index (χ1n) is 6.96. The summed E-state index contributed by atoms with van der Waals surface area (Å²) in [7, 11) is 0. The van der Waals surface area contributed by atoms with Gasteiger partial charge < -0.3 is 15.7 Å². The molecule has 1 heterocycles. The van der Waals surface area contributed by atoms with Crippen LogP contribution in [0.1, 0.15) is 30.4 Å². The van der Waals surface area contributed by atoms with Crippen molar-refractivity contribution in [1.29, 1.82) is 0 Å². The number of benzene rings is 1. The summed E-state index contributed by atoms with van der Waals surface area (Å²) in [5.41, 5.74) is 1.33. The SMILES string of the molecule is O=C(NC1(C(=O)O)CCC1)C1Cc2ccccc2CN1. The lowest BCUT2D eigenvalue weighted by atomic mass is 9.76. The molecule has 3 rings (SSSR count). The van der Waals surface area contributed by atoms with E-state index in [-0.39, 0.29) is 11.9 Å². The fraction of sp³-hybridized carbons (Fsp3) is 0.467. The van der Waals surface area contributed by atoms with Crippen molar-refractivity contribution in [2.24, 2.45) is 0 Å². The molecule has 1 aromatic carbocycles. The van der Waals surface area contributed by atoms with Crippen LogP contribution in [0.5, 0.6) is 0 Å². The lowest BCUT2D eigenvalue weighted by Gasteiger charge is -2.39. The van der Waals surface area contributed by atoms with Gasteiger partial charge in [-0.15, -0.1) is 0 Å². The van der Waals surface area contributed by atoms with E-state index in [2.05, 4.69) is 10.6 Å². The molecule has 2 aliphatic rings. The van der Waals surface area contributed by atoms with E-state index in [9.17, 15) is 14.7 Å². The van der Waals surface area contributed by atoms with E-state index < -0.39 is 11.5 Å². The van der Waals surface area contributed by atoms with E-state index in [1.54, 1.807) is 0 Å². The van der Waals surface area contributed by atoms with Crippen molar-refractivity contribution in [3.63, 3.8) is 0 Å². The number of amides is 1. The lowest BCUT2D eigenvalue weighted by Crippen LogP contribution is -2.62. The van der Waals surface area contributed by atoms with Crippen LogP contribution in [0.15, 0.2) is 24.3 Å². The average Bonchev–Trinajstić information content (AvgIpc) is 2.41. The molecule has 5 heteroatoms. The van der Waals surface area contributed by atoms with Gasteiger partial charge in [-0.05, 0) is 36.8 Å². The number of hydrogen-bond donors (Lipinski definition) is 3. The Hall–Kier alpha value is -1.88. The van der Waals surface area contributed by atoms with Gasteiger partial charge in [0.25, 0.3) is 0 Å². The van der Waals surface area contributed by atoms with Crippen molar-refractivity contribution in [3.8, 4) is 0 Å². The smallest absolute Gasteiger partial charge is 0.329 e. The molecule has 1 unspecified atom stereocenters. The quantitative estimate of drug-likeness (QED) is 0.762. The number of aliphatic carboxylic acids is 1. The van der Waals surface area contributed by atoms with E-state index in [4.69, 9.17) is 0 Å². The third-order valence-corrected chi connectivity index (χ3v) is 4.38. The summed E-state index contributed by atoms with van der Waals surface area (Å²) >= 11 is 0. The van der Waals surface area contributed by atoms with Crippen molar-refractivity contribution in [2.45, 2.75) is 43.8 Å². The first-order chi connectivity index (χ1) is 9.61. The van der Waals surface area contributed by atoms with E-state index in [1.165, 1.54) is 5.56 Å². The second kappa shape index (κ2) is 4.90. The standard InChI is InChI=1S/C15H18N2O3/c18-13(17-15(14(19)20)6-3-7-15)12-8-10-4-1-2-5-11(10)9-16-12/h1-2,4-5,12,16H,3,6-9H2,(H,17,18)(H,19,20). The maximum Gasteiger partial charge on any atom is 0.329 e. The predicted molar refractivity (Wildman–Crippen MR) is 73.1 cm³/mol. The van der Waals surface area contributed by atoms with Crippen LogP contribution in [0.3, 0.4) is 0 Å². The van der Waals surface area contributed by atoms with Gasteiger partial charge in [0.1, 0.15) is 5.54 Å². The predicted octanol–water partition coefficient (Wildman–Crippen LogP) is 0.824. The molecule has 1 atom stereocenters. The summed E-state index contributed by atoms with van der Waals surface area (Å²) in [4.78, 5) is 23.6. The number of carboxylic acids is 1. The fourth-order valence-electron chi connectivity index (χ4n) is 2.89. The van der Waals surface area contributed by atoms with Gasteiger partial charge in [-0.25, -0.2) is 4.79 Å². The third-order valence-electron chi connectivity index (χ3n) is 4.38. The first kappa shape index (κ1) is 13.1. The van der Waals surface area contributed by atoms with E-state index in [1.807, 2.05) is 24.3 Å². The van der Waals surface area contributed by atoms with Crippen LogP contribution in [0.2, 0.25) is 0 Å². The highest BCUT2D eigenvalue weighted by Gasteiger charge is 2.46. The second-order valence-electron chi connectivity index (χ2n) is 5.64. The topological polar surface area (TPSA) is 78.4 Å². The second-order valence-corrected chi connectivity index (χ2v) is 5.64. The van der Waals surface area contributed by atoms with Crippen molar-refractivity contribution in [2.75, 3.05) is 0 Å². The summed E-state index contributed by atoms with van der Waals surface area (Å²) in [5.74, 6) is -1.13. The largest absolute Gasteiger partial charge is 0.480 e. The summed E-state index contributed by atoms with van der Waals surface area (Å²) in [6.45, 7) is 0.647. The average molecular weight is 274 g/mol. The van der Waals surface area contributed by atoms with E-state index in [0.717, 1.165) is 12.0 Å². The Morgan fingerprint density at radius 1 is 1.25 bits per heavy atom. The number of carbonyl (C=O) groups is 2. The maximum atomic E-state index is 12.3. The fourth-order valence-corrected chi connectivity index (χ4v) is 2.89. The van der Waals surface area contributed by atoms with Gasteiger partial charge in [0.05, 0.1) is 6.04 Å². The highest BCUT2D eigenvalue weighted by atomic mass is 16.4. The number of carboxylic acid groups (broad SMARTS) is 1. The molecule has 3 N–H and O–H groups in total. The molecule has 0 spiro atoms. The number of nitrogens with one attached hydrogen (secondary N) is 2. The zero-order valence-corrected chi connectivity index (χ0v) is 11.2. The van der Waals surface area contributed by atoms with Gasteiger partial charge in [-0.3, -0.25) is 4.79 Å². The third kappa shape index (κ3) is 2.18. The van der Waals surface area contributed by atoms with Gasteiger partial charge >= 0.3 is 5.97 Å². The molecule has 1 aliphatic heterocycles. The Morgan fingerprint density at radius 3 is 2.55 bits per heavy atom. The van der Waals surface area contributed by atoms with Gasteiger partial charge in [0.15, 0.2) is 0 Å². The van der Waals surface area contributed by atoms with Crippen LogP contribution < -0.4 is 10.6 Å². The van der Waals surface area contributed by atoms with Crippen LogP contribution in [-0.2, 0) is 22.6 Å². The van der Waals surface area contributed by atoms with Crippen LogP contribution in [0.4, 0.5) is 0 Å². The number of fused-ring (bicyclic) bond motifs is 1. The van der Waals surface area contributed by atoms with Crippen LogP contribution in [-0.4, -0.2) is 28.6 Å². The number of rotatable bonds is 3. The molecule has 1 saturated carbocycles. The zero-order chi connectivity index (χ0) is 14.2. The number of carbonyl (C=O) groups excluding carboxylic acids is 1. The van der Waals surface area contributed by atoms with Gasteiger partial charge in [0.2, 0.25) is 5.91 Å². The summed E-state index contributed by atoms with van der Waals surface area (Å²) in [6, 6.07) is 7.66. The Balaban J connectivity index is 1.69. The molecule has 1 fully saturated rings. The molecule has 1 amide bonds. The van der Waals surface area contributed by atoms with E-state index in [0.29, 0.717) is 25.8 Å². The molecule has 20 heavy (non-hydrogen) atoms. The minimum atomic E-state index is -1.03. The minimum Gasteiger partial charge on any atom is -0.480 e. The van der Waals surface area contributed by atoms with Crippen molar-refractivity contribution < 1.29 is 14.7 Å². The summed E-state index contributed by atoms with van der Waals surface area (Å²) < 4.78 is 0. The molecule has 0 aromatic heterocycles. The van der Waals surface area contributed by atoms with Crippen molar-refractivity contribution in [3.05, 3.63) is 35.4 Å². The molecular formula is C15H18N2O3. The summed E-state index contributed by atoms with van der Waals surface area (Å²) in [6.07, 6.45) is 2.51. The molecule has 106 valence electrons. The molecule has 0 saturated heterocycles. The normalized spacial score (nSPS) is 23.3. The monoisotopic (exact) mass is 274 g/mol. The number of hydrogen-bond acceptors (Lipinski definition) is 3. The molecule has 0 bridgehead atoms. The summed E-state index contributed by atoms with van der Waals surface area (Å²) in [5, 5.41) is 15.2. The van der Waals surface area contributed by atoms with Crippen molar-refractivity contribution >= 4 is 11.9 Å². The Bertz CT molecular complexity index is 552. The van der Waals surface area contributed by atoms with E-state index >= 15 is 0 Å². The molecule has 1 aromatic rings. The van der Waals surface area contributed by atoms with Gasteiger partial charge in [-0.1, -0.05) is 24.3 Å². The van der Waals surface area contributed by atoms with Crippen molar-refractivity contribution in [1.82, 2.24) is 10.6 Å². The maximum absolute atomic E-state index is 12.3. The molecule has 1 aliphatic carbocycles. The van der Waals surface area contributed by atoms with Crippen LogP contribution in [0.25, 0.3) is 0 Å². The van der Waals surface area contributed by atoms with Gasteiger partial charge in [0, 0.05) is 6.54 Å². The molecular weight excluding hydrogens is 256 g/mol. The Kier molecular flexibility index (Phi) is 3.22. The molecule has 0 radical (unpaired) electrons. The molecule has 5 nitrogen and oxygen atoms in total. The van der Waals surface area contributed by atoms with Gasteiger partial charge in [-0.2, -0.15) is 0 Å². The zero-order valence-electron chi connectivity index (χ0n) is 11.2. The minimum absolute atomic E-state index is 0.207. The highest BCUT2D eigenvalue weighted by molar-refractivity contribution is 5.90.